The molecule has 0 unspecified atom stereocenters. The third-order valence-electron chi connectivity index (χ3n) is 4.69. The molecule has 1 aromatic rings. The van der Waals surface area contributed by atoms with Crippen molar-refractivity contribution < 1.29 is 23.1 Å². The Hall–Kier alpha value is -2.24. The largest absolute Gasteiger partial charge is 0.449 e. The monoisotopic (exact) mass is 379 g/mol. The Balaban J connectivity index is 1.99. The van der Waals surface area contributed by atoms with Crippen molar-refractivity contribution in [2.45, 2.75) is 57.4 Å². The van der Waals surface area contributed by atoms with E-state index in [2.05, 4.69) is 6.92 Å². The molecule has 0 spiro atoms. The van der Waals surface area contributed by atoms with Crippen molar-refractivity contribution >= 4 is 11.9 Å². The van der Waals surface area contributed by atoms with Crippen molar-refractivity contribution in [3.63, 3.8) is 0 Å². The van der Waals surface area contributed by atoms with E-state index in [0.29, 0.717) is 13.0 Å². The Morgan fingerprint density at radius 3 is 2.63 bits per heavy atom. The van der Waals surface area contributed by atoms with Gasteiger partial charge in [-0.15, -0.1) is 0 Å². The molecular formula is C21H27F2NO3. The minimum Gasteiger partial charge on any atom is -0.449 e. The topological polar surface area (TPSA) is 46.6 Å². The van der Waals surface area contributed by atoms with Gasteiger partial charge in [0.1, 0.15) is 0 Å². The van der Waals surface area contributed by atoms with Crippen molar-refractivity contribution in [3.8, 4) is 0 Å². The van der Waals surface area contributed by atoms with Gasteiger partial charge in [-0.05, 0) is 12.5 Å². The van der Waals surface area contributed by atoms with Gasteiger partial charge in [0.2, 0.25) is 5.78 Å². The highest BCUT2D eigenvalue weighted by molar-refractivity contribution is 5.96. The first-order chi connectivity index (χ1) is 13.0. The maximum Gasteiger partial charge on any atom is 0.410 e. The number of benzene rings is 1. The molecule has 1 saturated heterocycles. The molecule has 1 heterocycles. The number of nitrogens with zero attached hydrogens (tertiary/aromatic N) is 1. The Bertz CT molecular complexity index is 646. The van der Waals surface area contributed by atoms with E-state index in [1.165, 1.54) is 35.2 Å². The molecule has 0 radical (unpaired) electrons. The maximum absolute atomic E-state index is 14.3. The SMILES string of the molecule is CCCCCCCN1C(=O)OCC[C@@H]1/C=C/C(=O)C(F)(F)c1ccccc1. The van der Waals surface area contributed by atoms with Crippen LogP contribution in [0.25, 0.3) is 0 Å². The van der Waals surface area contributed by atoms with Crippen LogP contribution in [0.4, 0.5) is 13.6 Å². The molecule has 1 aliphatic rings. The lowest BCUT2D eigenvalue weighted by Crippen LogP contribution is -2.45. The summed E-state index contributed by atoms with van der Waals surface area (Å²) in [5.74, 6) is -4.87. The molecule has 1 atom stereocenters. The van der Waals surface area contributed by atoms with Crippen LogP contribution in [0.1, 0.15) is 51.0 Å². The molecule has 6 heteroatoms. The van der Waals surface area contributed by atoms with E-state index in [9.17, 15) is 18.4 Å². The summed E-state index contributed by atoms with van der Waals surface area (Å²) in [6, 6.07) is 6.62. The molecule has 1 aromatic carbocycles. The second-order valence-electron chi connectivity index (χ2n) is 6.74. The number of alkyl halides is 2. The van der Waals surface area contributed by atoms with Crippen molar-refractivity contribution in [1.82, 2.24) is 4.90 Å². The van der Waals surface area contributed by atoms with Crippen molar-refractivity contribution in [3.05, 3.63) is 48.0 Å². The van der Waals surface area contributed by atoms with Crippen LogP contribution in [0.3, 0.4) is 0 Å². The maximum atomic E-state index is 14.3. The summed E-state index contributed by atoms with van der Waals surface area (Å²) in [5.41, 5.74) is -0.338. The number of allylic oxidation sites excluding steroid dienone is 1. The van der Waals surface area contributed by atoms with Crippen molar-refractivity contribution in [2.24, 2.45) is 0 Å². The molecule has 0 saturated carbocycles. The number of carbonyl (C=O) groups is 2. The van der Waals surface area contributed by atoms with Crippen LogP contribution in [0.5, 0.6) is 0 Å². The number of hydrogen-bond acceptors (Lipinski definition) is 3. The molecule has 0 N–H and O–H groups in total. The lowest BCUT2D eigenvalue weighted by molar-refractivity contribution is -0.139. The molecule has 27 heavy (non-hydrogen) atoms. The second kappa shape index (κ2) is 10.2. The van der Waals surface area contributed by atoms with Gasteiger partial charge in [-0.2, -0.15) is 8.78 Å². The first-order valence-corrected chi connectivity index (χ1v) is 9.56. The summed E-state index contributed by atoms with van der Waals surface area (Å²) >= 11 is 0. The summed E-state index contributed by atoms with van der Waals surface area (Å²) in [4.78, 5) is 25.6. The van der Waals surface area contributed by atoms with E-state index in [0.717, 1.165) is 38.2 Å². The molecule has 1 aliphatic heterocycles. The zero-order valence-corrected chi connectivity index (χ0v) is 15.7. The molecular weight excluding hydrogens is 352 g/mol. The molecule has 0 aromatic heterocycles. The fraction of sp³-hybridized carbons (Fsp3) is 0.524. The summed E-state index contributed by atoms with van der Waals surface area (Å²) < 4.78 is 33.6. The molecule has 148 valence electrons. The zero-order chi connectivity index (χ0) is 19.7. The number of ether oxygens (including phenoxy) is 1. The highest BCUT2D eigenvalue weighted by Crippen LogP contribution is 2.29. The van der Waals surface area contributed by atoms with Gasteiger partial charge >= 0.3 is 12.0 Å². The van der Waals surface area contributed by atoms with Crippen molar-refractivity contribution in [2.75, 3.05) is 13.2 Å². The number of amides is 1. The molecule has 4 nitrogen and oxygen atoms in total. The lowest BCUT2D eigenvalue weighted by Gasteiger charge is -2.33. The summed E-state index contributed by atoms with van der Waals surface area (Å²) in [6.07, 6.45) is 7.56. The molecule has 1 fully saturated rings. The summed E-state index contributed by atoms with van der Waals surface area (Å²) in [6.45, 7) is 2.86. The number of carbonyl (C=O) groups excluding carboxylic acids is 2. The number of cyclic esters (lactones) is 1. The van der Waals surface area contributed by atoms with Gasteiger partial charge in [0.25, 0.3) is 0 Å². The molecule has 0 aliphatic carbocycles. The third kappa shape index (κ3) is 5.88. The normalized spacial score (nSPS) is 18.0. The van der Waals surface area contributed by atoms with E-state index in [-0.39, 0.29) is 12.2 Å². The van der Waals surface area contributed by atoms with Gasteiger partial charge in [0.05, 0.1) is 12.6 Å². The van der Waals surface area contributed by atoms with Gasteiger partial charge in [-0.1, -0.05) is 69.0 Å². The second-order valence-corrected chi connectivity index (χ2v) is 6.74. The standard InChI is InChI=1S/C21H27F2NO3/c1-2-3-4-5-9-15-24-18(14-16-27-20(24)26)12-13-19(25)21(22,23)17-10-7-6-8-11-17/h6-8,10-13,18H,2-5,9,14-16H2,1H3/b13-12+/t18-/m0/s1. The van der Waals surface area contributed by atoms with Crippen LogP contribution in [-0.2, 0) is 15.5 Å². The Morgan fingerprint density at radius 2 is 1.93 bits per heavy atom. The Labute approximate surface area is 159 Å². The minimum atomic E-state index is -3.59. The van der Waals surface area contributed by atoms with Gasteiger partial charge in [-0.3, -0.25) is 4.79 Å². The fourth-order valence-electron chi connectivity index (χ4n) is 3.08. The highest BCUT2D eigenvalue weighted by Gasteiger charge is 2.39. The number of unbranched alkanes of at least 4 members (excludes halogenated alkanes) is 4. The average molecular weight is 379 g/mol. The zero-order valence-electron chi connectivity index (χ0n) is 15.7. The van der Waals surface area contributed by atoms with Crippen LogP contribution in [-0.4, -0.2) is 36.0 Å². The number of ketones is 1. The van der Waals surface area contributed by atoms with E-state index >= 15 is 0 Å². The number of halogens is 2. The number of hydrogen-bond donors (Lipinski definition) is 0. The first kappa shape index (κ1) is 21.1. The average Bonchev–Trinajstić information content (AvgIpc) is 2.68. The molecule has 1 amide bonds. The molecule has 2 rings (SSSR count). The quantitative estimate of drug-likeness (QED) is 0.420. The third-order valence-corrected chi connectivity index (χ3v) is 4.69. The first-order valence-electron chi connectivity index (χ1n) is 9.56. The van der Waals surface area contributed by atoms with E-state index < -0.39 is 23.8 Å². The Morgan fingerprint density at radius 1 is 1.22 bits per heavy atom. The smallest absolute Gasteiger partial charge is 0.410 e. The summed E-state index contributed by atoms with van der Waals surface area (Å²) in [5, 5.41) is 0. The molecule has 0 bridgehead atoms. The van der Waals surface area contributed by atoms with Gasteiger partial charge < -0.3 is 9.64 Å². The minimum absolute atomic E-state index is 0.226. The van der Waals surface area contributed by atoms with Crippen LogP contribution >= 0.6 is 0 Å². The van der Waals surface area contributed by atoms with Crippen LogP contribution in [0, 0.1) is 0 Å². The van der Waals surface area contributed by atoms with E-state index in [4.69, 9.17) is 4.74 Å². The van der Waals surface area contributed by atoms with Crippen molar-refractivity contribution in [1.29, 1.82) is 0 Å². The number of rotatable bonds is 10. The van der Waals surface area contributed by atoms with Gasteiger partial charge in [0, 0.05) is 18.5 Å². The highest BCUT2D eigenvalue weighted by atomic mass is 19.3. The predicted octanol–water partition coefficient (Wildman–Crippen LogP) is 5.09. The summed E-state index contributed by atoms with van der Waals surface area (Å²) in [7, 11) is 0. The van der Waals surface area contributed by atoms with Crippen LogP contribution in [0.15, 0.2) is 42.5 Å². The van der Waals surface area contributed by atoms with Crippen LogP contribution < -0.4 is 0 Å². The van der Waals surface area contributed by atoms with E-state index in [1.54, 1.807) is 6.07 Å². The fourth-order valence-corrected chi connectivity index (χ4v) is 3.08. The predicted molar refractivity (Wildman–Crippen MR) is 99.7 cm³/mol. The van der Waals surface area contributed by atoms with Gasteiger partial charge in [0.15, 0.2) is 0 Å². The lowest BCUT2D eigenvalue weighted by atomic mass is 10.0. The van der Waals surface area contributed by atoms with Gasteiger partial charge in [-0.25, -0.2) is 4.79 Å². The van der Waals surface area contributed by atoms with E-state index in [1.807, 2.05) is 0 Å². The van der Waals surface area contributed by atoms with Crippen LogP contribution in [0.2, 0.25) is 0 Å². The Kier molecular flexibility index (Phi) is 7.95.